The van der Waals surface area contributed by atoms with Gasteiger partial charge in [0.05, 0.1) is 7.11 Å². The Morgan fingerprint density at radius 1 is 1.00 bits per heavy atom. The molecule has 126 valence electrons. The normalized spacial score (nSPS) is 10.2. The van der Waals surface area contributed by atoms with Gasteiger partial charge in [-0.3, -0.25) is 9.59 Å². The largest absolute Gasteiger partial charge is 0.497 e. The lowest BCUT2D eigenvalue weighted by Gasteiger charge is -2.09. The first kappa shape index (κ1) is 17.7. The molecule has 0 saturated carbocycles. The lowest BCUT2D eigenvalue weighted by Crippen LogP contribution is -2.13. The Bertz CT molecular complexity index is 692. The average molecular weight is 325 g/mol. The first-order chi connectivity index (χ1) is 11.6. The van der Waals surface area contributed by atoms with Crippen LogP contribution in [0.25, 0.3) is 0 Å². The molecule has 0 aliphatic carbocycles. The molecular formula is C20H23NO3. The summed E-state index contributed by atoms with van der Waals surface area (Å²) in [5, 5.41) is 2.92. The summed E-state index contributed by atoms with van der Waals surface area (Å²) in [4.78, 5) is 24.2. The van der Waals surface area contributed by atoms with Crippen molar-refractivity contribution < 1.29 is 14.3 Å². The third kappa shape index (κ3) is 4.95. The van der Waals surface area contributed by atoms with Gasteiger partial charge in [0.2, 0.25) is 5.91 Å². The van der Waals surface area contributed by atoms with Gasteiger partial charge in [-0.15, -0.1) is 0 Å². The molecule has 2 rings (SSSR count). The second kappa shape index (κ2) is 8.87. The first-order valence-electron chi connectivity index (χ1n) is 8.19. The maximum absolute atomic E-state index is 12.1. The van der Waals surface area contributed by atoms with E-state index in [9.17, 15) is 9.59 Å². The molecule has 2 aromatic carbocycles. The molecule has 0 aliphatic heterocycles. The van der Waals surface area contributed by atoms with Crippen molar-refractivity contribution in [2.45, 2.75) is 32.6 Å². The quantitative estimate of drug-likeness (QED) is 0.738. The van der Waals surface area contributed by atoms with E-state index < -0.39 is 0 Å². The Labute approximate surface area is 142 Å². The number of ketones is 1. The molecule has 0 aliphatic rings. The summed E-state index contributed by atoms with van der Waals surface area (Å²) in [6, 6.07) is 14.8. The van der Waals surface area contributed by atoms with Crippen LogP contribution in [0.4, 0.5) is 5.69 Å². The zero-order valence-electron chi connectivity index (χ0n) is 14.2. The van der Waals surface area contributed by atoms with Crippen LogP contribution in [0, 0.1) is 0 Å². The van der Waals surface area contributed by atoms with Crippen molar-refractivity contribution in [3.63, 3.8) is 0 Å². The second-order valence-electron chi connectivity index (χ2n) is 5.56. The fourth-order valence-corrected chi connectivity index (χ4v) is 2.49. The highest BCUT2D eigenvalue weighted by atomic mass is 16.5. The fourth-order valence-electron chi connectivity index (χ4n) is 2.49. The number of carbonyl (C=O) groups excluding carboxylic acids is 2. The predicted molar refractivity (Wildman–Crippen MR) is 95.6 cm³/mol. The number of amides is 1. The van der Waals surface area contributed by atoms with Crippen LogP contribution in [0.15, 0.2) is 48.5 Å². The maximum Gasteiger partial charge on any atom is 0.224 e. The maximum atomic E-state index is 12.1. The summed E-state index contributed by atoms with van der Waals surface area (Å²) in [5.74, 6) is 0.707. The number of hydrogen-bond donors (Lipinski definition) is 1. The number of rotatable bonds is 8. The van der Waals surface area contributed by atoms with E-state index in [-0.39, 0.29) is 11.7 Å². The van der Waals surface area contributed by atoms with Gasteiger partial charge < -0.3 is 10.1 Å². The van der Waals surface area contributed by atoms with E-state index in [0.717, 1.165) is 23.4 Å². The number of para-hydroxylation sites is 1. The van der Waals surface area contributed by atoms with Crippen LogP contribution in [-0.4, -0.2) is 18.8 Å². The lowest BCUT2D eigenvalue weighted by molar-refractivity contribution is -0.116. The van der Waals surface area contributed by atoms with Crippen LogP contribution in [0.2, 0.25) is 0 Å². The Kier molecular flexibility index (Phi) is 6.55. The summed E-state index contributed by atoms with van der Waals surface area (Å²) in [6.45, 7) is 2.05. The number of benzene rings is 2. The second-order valence-corrected chi connectivity index (χ2v) is 5.56. The Morgan fingerprint density at radius 2 is 1.71 bits per heavy atom. The standard InChI is InChI=1S/C20H23NO3/c1-3-15-7-4-5-8-18(15)21-20(23)10-6-9-19(22)16-11-13-17(24-2)14-12-16/h4-5,7-8,11-14H,3,6,9-10H2,1-2H3,(H,21,23). The van der Waals surface area contributed by atoms with E-state index in [2.05, 4.69) is 12.2 Å². The van der Waals surface area contributed by atoms with Crippen molar-refractivity contribution in [3.8, 4) is 5.75 Å². The van der Waals surface area contributed by atoms with Crippen LogP contribution in [0.5, 0.6) is 5.75 Å². The molecule has 0 bridgehead atoms. The van der Waals surface area contributed by atoms with Crippen LogP contribution < -0.4 is 10.1 Å². The predicted octanol–water partition coefficient (Wildman–Crippen LogP) is 4.25. The summed E-state index contributed by atoms with van der Waals surface area (Å²) in [7, 11) is 1.59. The van der Waals surface area contributed by atoms with Crippen molar-refractivity contribution in [3.05, 3.63) is 59.7 Å². The van der Waals surface area contributed by atoms with E-state index in [1.807, 2.05) is 24.3 Å². The van der Waals surface area contributed by atoms with Crippen molar-refractivity contribution in [1.29, 1.82) is 0 Å². The number of ether oxygens (including phenoxy) is 1. The number of nitrogens with one attached hydrogen (secondary N) is 1. The number of hydrogen-bond acceptors (Lipinski definition) is 3. The lowest BCUT2D eigenvalue weighted by atomic mass is 10.0. The van der Waals surface area contributed by atoms with Gasteiger partial charge in [0.15, 0.2) is 5.78 Å². The topological polar surface area (TPSA) is 55.4 Å². The van der Waals surface area contributed by atoms with Crippen molar-refractivity contribution in [2.75, 3.05) is 12.4 Å². The molecule has 0 saturated heterocycles. The molecule has 0 spiro atoms. The van der Waals surface area contributed by atoms with Gasteiger partial charge >= 0.3 is 0 Å². The van der Waals surface area contributed by atoms with Crippen molar-refractivity contribution in [2.24, 2.45) is 0 Å². The zero-order valence-corrected chi connectivity index (χ0v) is 14.2. The highest BCUT2D eigenvalue weighted by Crippen LogP contribution is 2.17. The third-order valence-corrected chi connectivity index (χ3v) is 3.89. The van der Waals surface area contributed by atoms with Crippen LogP contribution in [-0.2, 0) is 11.2 Å². The molecule has 1 N–H and O–H groups in total. The minimum absolute atomic E-state index is 0.0411. The van der Waals surface area contributed by atoms with E-state index in [1.54, 1.807) is 31.4 Å². The van der Waals surface area contributed by atoms with Gasteiger partial charge in [0, 0.05) is 24.1 Å². The van der Waals surface area contributed by atoms with E-state index >= 15 is 0 Å². The molecule has 0 heterocycles. The molecule has 0 aromatic heterocycles. The summed E-state index contributed by atoms with van der Waals surface area (Å²) in [6.07, 6.45) is 2.09. The molecule has 0 fully saturated rings. The van der Waals surface area contributed by atoms with Gasteiger partial charge in [0.25, 0.3) is 0 Å². The van der Waals surface area contributed by atoms with Gasteiger partial charge in [-0.1, -0.05) is 25.1 Å². The smallest absolute Gasteiger partial charge is 0.224 e. The van der Waals surface area contributed by atoms with Gasteiger partial charge in [-0.25, -0.2) is 0 Å². The van der Waals surface area contributed by atoms with E-state index in [1.165, 1.54) is 0 Å². The van der Waals surface area contributed by atoms with Crippen molar-refractivity contribution >= 4 is 17.4 Å². The molecule has 4 nitrogen and oxygen atoms in total. The minimum Gasteiger partial charge on any atom is -0.497 e. The van der Waals surface area contributed by atoms with Crippen LogP contribution in [0.1, 0.15) is 42.1 Å². The zero-order chi connectivity index (χ0) is 17.4. The molecule has 2 aromatic rings. The van der Waals surface area contributed by atoms with Gasteiger partial charge in [-0.2, -0.15) is 0 Å². The number of Topliss-reactive ketones (excluding diaryl/α,β-unsaturated/α-hetero) is 1. The van der Waals surface area contributed by atoms with Gasteiger partial charge in [0.1, 0.15) is 5.75 Å². The van der Waals surface area contributed by atoms with Crippen LogP contribution in [0.3, 0.4) is 0 Å². The SMILES string of the molecule is CCc1ccccc1NC(=O)CCCC(=O)c1ccc(OC)cc1. The number of carbonyl (C=O) groups is 2. The average Bonchev–Trinajstić information content (AvgIpc) is 2.62. The molecule has 0 atom stereocenters. The molecule has 24 heavy (non-hydrogen) atoms. The number of anilines is 1. The Balaban J connectivity index is 1.80. The first-order valence-corrected chi connectivity index (χ1v) is 8.19. The minimum atomic E-state index is -0.0570. The third-order valence-electron chi connectivity index (χ3n) is 3.89. The summed E-state index contributed by atoms with van der Waals surface area (Å²) >= 11 is 0. The molecule has 0 unspecified atom stereocenters. The van der Waals surface area contributed by atoms with E-state index in [4.69, 9.17) is 4.74 Å². The Morgan fingerprint density at radius 3 is 2.38 bits per heavy atom. The number of aryl methyl sites for hydroxylation is 1. The summed E-state index contributed by atoms with van der Waals surface area (Å²) in [5.41, 5.74) is 2.61. The molecule has 1 amide bonds. The molecule has 4 heteroatoms. The number of methoxy groups -OCH3 is 1. The van der Waals surface area contributed by atoms with Gasteiger partial charge in [-0.05, 0) is 48.7 Å². The van der Waals surface area contributed by atoms with E-state index in [0.29, 0.717) is 24.8 Å². The Hall–Kier alpha value is -2.62. The monoisotopic (exact) mass is 325 g/mol. The molecular weight excluding hydrogens is 302 g/mol. The fraction of sp³-hybridized carbons (Fsp3) is 0.300. The van der Waals surface area contributed by atoms with Crippen LogP contribution >= 0.6 is 0 Å². The molecule has 0 radical (unpaired) electrons. The summed E-state index contributed by atoms with van der Waals surface area (Å²) < 4.78 is 5.07. The van der Waals surface area contributed by atoms with Crippen molar-refractivity contribution in [1.82, 2.24) is 0 Å². The highest BCUT2D eigenvalue weighted by Gasteiger charge is 2.09. The highest BCUT2D eigenvalue weighted by molar-refractivity contribution is 5.97.